The van der Waals surface area contributed by atoms with Gasteiger partial charge in [-0.3, -0.25) is 0 Å². The summed E-state index contributed by atoms with van der Waals surface area (Å²) in [6.07, 6.45) is -0.521. The first-order chi connectivity index (χ1) is 12.8. The SMILES string of the molecule is CC[S+](CC)OC(CNCc1cc(F)cc(F)c1)c1c(Cl)cc(F)cc1Cl. The molecule has 0 amide bonds. The Hall–Kier alpha value is -0.920. The number of halogens is 5. The fourth-order valence-corrected chi connectivity index (χ4v) is 4.49. The maximum Gasteiger partial charge on any atom is 0.154 e. The summed E-state index contributed by atoms with van der Waals surface area (Å²) in [5, 5.41) is 3.47. The highest BCUT2D eigenvalue weighted by molar-refractivity contribution is 7.92. The first-order valence-corrected chi connectivity index (χ1v) is 10.7. The molecule has 148 valence electrons. The molecule has 1 atom stereocenters. The number of rotatable bonds is 9. The summed E-state index contributed by atoms with van der Waals surface area (Å²) in [6.45, 7) is 4.56. The summed E-state index contributed by atoms with van der Waals surface area (Å²) in [5.41, 5.74) is 0.963. The summed E-state index contributed by atoms with van der Waals surface area (Å²) in [6, 6.07) is 5.72. The number of hydrogen-bond acceptors (Lipinski definition) is 2. The first kappa shape index (κ1) is 22.4. The van der Waals surface area contributed by atoms with E-state index < -0.39 is 23.6 Å². The third-order valence-corrected chi connectivity index (χ3v) is 6.26. The first-order valence-electron chi connectivity index (χ1n) is 8.48. The van der Waals surface area contributed by atoms with Crippen LogP contribution in [0.15, 0.2) is 30.3 Å². The lowest BCUT2D eigenvalue weighted by Crippen LogP contribution is -2.27. The second kappa shape index (κ2) is 10.6. The zero-order valence-electron chi connectivity index (χ0n) is 15.0. The Morgan fingerprint density at radius 3 is 1.96 bits per heavy atom. The predicted octanol–water partition coefficient (Wildman–Crippen LogP) is 5.83. The minimum Gasteiger partial charge on any atom is -0.310 e. The van der Waals surface area contributed by atoms with Crippen molar-refractivity contribution in [1.82, 2.24) is 5.32 Å². The monoisotopic (exact) mass is 438 g/mol. The molecule has 2 aromatic rings. The van der Waals surface area contributed by atoms with Crippen molar-refractivity contribution in [3.8, 4) is 0 Å². The van der Waals surface area contributed by atoms with E-state index in [1.54, 1.807) is 0 Å². The van der Waals surface area contributed by atoms with Crippen molar-refractivity contribution in [2.24, 2.45) is 0 Å². The molecule has 27 heavy (non-hydrogen) atoms. The average molecular weight is 439 g/mol. The molecule has 2 nitrogen and oxygen atoms in total. The molecule has 0 radical (unpaired) electrons. The molecule has 0 bridgehead atoms. The highest BCUT2D eigenvalue weighted by Crippen LogP contribution is 2.34. The molecule has 8 heteroatoms. The minimum atomic E-state index is -0.636. The van der Waals surface area contributed by atoms with Crippen LogP contribution in [0.1, 0.15) is 31.1 Å². The van der Waals surface area contributed by atoms with Crippen molar-refractivity contribution in [3.63, 3.8) is 0 Å². The van der Waals surface area contributed by atoms with E-state index in [9.17, 15) is 13.2 Å². The average Bonchev–Trinajstić information content (AvgIpc) is 2.57. The molecule has 0 aliphatic rings. The zero-order valence-corrected chi connectivity index (χ0v) is 17.3. The molecule has 0 aliphatic carbocycles. The van der Waals surface area contributed by atoms with Gasteiger partial charge < -0.3 is 5.32 Å². The Kier molecular flexibility index (Phi) is 8.76. The fraction of sp³-hybridized carbons (Fsp3) is 0.368. The minimum absolute atomic E-state index is 0.180. The van der Waals surface area contributed by atoms with Crippen molar-refractivity contribution < 1.29 is 17.4 Å². The van der Waals surface area contributed by atoms with Crippen LogP contribution in [0.25, 0.3) is 0 Å². The lowest BCUT2D eigenvalue weighted by molar-refractivity contribution is 0.232. The molecule has 2 aromatic carbocycles. The van der Waals surface area contributed by atoms with Crippen LogP contribution in [0.2, 0.25) is 10.0 Å². The third-order valence-electron chi connectivity index (χ3n) is 3.84. The molecule has 0 heterocycles. The second-order valence-corrected chi connectivity index (χ2v) is 8.83. The quantitative estimate of drug-likeness (QED) is 0.497. The van der Waals surface area contributed by atoms with Gasteiger partial charge in [0.25, 0.3) is 0 Å². The van der Waals surface area contributed by atoms with Crippen LogP contribution in [0.4, 0.5) is 13.2 Å². The highest BCUT2D eigenvalue weighted by atomic mass is 35.5. The number of hydrogen-bond donors (Lipinski definition) is 1. The molecule has 2 rings (SSSR count). The predicted molar refractivity (Wildman–Crippen MR) is 107 cm³/mol. The van der Waals surface area contributed by atoms with Crippen LogP contribution < -0.4 is 5.32 Å². The normalized spacial score (nSPS) is 12.6. The number of nitrogens with one attached hydrogen (secondary N) is 1. The maximum atomic E-state index is 13.5. The Bertz CT molecular complexity index is 731. The molecule has 1 N–H and O–H groups in total. The van der Waals surface area contributed by atoms with Crippen LogP contribution >= 0.6 is 23.2 Å². The van der Waals surface area contributed by atoms with E-state index in [0.717, 1.165) is 17.6 Å². The van der Waals surface area contributed by atoms with Crippen molar-refractivity contribution in [3.05, 3.63) is 69.0 Å². The summed E-state index contributed by atoms with van der Waals surface area (Å²) in [7, 11) is 0. The molecule has 0 spiro atoms. The van der Waals surface area contributed by atoms with Crippen molar-refractivity contribution in [2.75, 3.05) is 18.1 Å². The molecule has 0 saturated heterocycles. The summed E-state index contributed by atoms with van der Waals surface area (Å²) < 4.78 is 46.3. The molecule has 1 unspecified atom stereocenters. The summed E-state index contributed by atoms with van der Waals surface area (Å²) >= 11 is 12.1. The lowest BCUT2D eigenvalue weighted by atomic mass is 10.1. The second-order valence-electron chi connectivity index (χ2n) is 5.79. The van der Waals surface area contributed by atoms with Crippen LogP contribution in [-0.4, -0.2) is 18.1 Å². The van der Waals surface area contributed by atoms with Crippen LogP contribution in [0, 0.1) is 17.5 Å². The van der Waals surface area contributed by atoms with Gasteiger partial charge in [-0.2, -0.15) is 4.18 Å². The summed E-state index contributed by atoms with van der Waals surface area (Å²) in [5.74, 6) is -0.164. The Morgan fingerprint density at radius 2 is 1.44 bits per heavy atom. The van der Waals surface area contributed by atoms with Gasteiger partial charge in [-0.1, -0.05) is 23.2 Å². The zero-order chi connectivity index (χ0) is 20.0. The fourth-order valence-electron chi connectivity index (χ4n) is 2.61. The maximum absolute atomic E-state index is 13.5. The third kappa shape index (κ3) is 6.57. The number of benzene rings is 2. The van der Waals surface area contributed by atoms with E-state index in [1.165, 1.54) is 24.3 Å². The van der Waals surface area contributed by atoms with Gasteiger partial charge in [-0.05, 0) is 43.7 Å². The van der Waals surface area contributed by atoms with Crippen molar-refractivity contribution in [1.29, 1.82) is 0 Å². The van der Waals surface area contributed by atoms with Gasteiger partial charge in [0.15, 0.2) is 6.10 Å². The van der Waals surface area contributed by atoms with E-state index >= 15 is 0 Å². The van der Waals surface area contributed by atoms with Gasteiger partial charge in [0.05, 0.1) is 10.0 Å². The van der Waals surface area contributed by atoms with Crippen LogP contribution in [-0.2, 0) is 21.9 Å². The standard InChI is InChI=1S/C19H21Cl2F3NOS/c1-3-27(4-2)26-18(19-16(20)8-15(24)9-17(19)21)11-25-10-12-5-13(22)7-14(23)6-12/h5-9,18,25H,3-4,10-11H2,1-2H3/q+1. The topological polar surface area (TPSA) is 21.3 Å². The van der Waals surface area contributed by atoms with Crippen molar-refractivity contribution >= 4 is 34.4 Å². The van der Waals surface area contributed by atoms with Gasteiger partial charge in [0.2, 0.25) is 0 Å². The van der Waals surface area contributed by atoms with Crippen LogP contribution in [0.3, 0.4) is 0 Å². The molecular formula is C19H21Cl2F3NOS+. The molecule has 0 aliphatic heterocycles. The molecule has 0 saturated carbocycles. The van der Waals surface area contributed by atoms with Crippen molar-refractivity contribution in [2.45, 2.75) is 26.5 Å². The van der Waals surface area contributed by atoms with E-state index in [0.29, 0.717) is 17.7 Å². The van der Waals surface area contributed by atoms with E-state index in [1.807, 2.05) is 13.8 Å². The van der Waals surface area contributed by atoms with Crippen LogP contribution in [0.5, 0.6) is 0 Å². The van der Waals surface area contributed by atoms with Gasteiger partial charge >= 0.3 is 0 Å². The molecule has 0 fully saturated rings. The van der Waals surface area contributed by atoms with Gasteiger partial charge in [-0.15, -0.1) is 0 Å². The van der Waals surface area contributed by atoms with E-state index in [-0.39, 0.29) is 27.8 Å². The Labute approximate surface area is 170 Å². The van der Waals surface area contributed by atoms with Gasteiger partial charge in [0.1, 0.15) is 40.1 Å². The Morgan fingerprint density at radius 1 is 0.926 bits per heavy atom. The van der Waals surface area contributed by atoms with Gasteiger partial charge in [-0.25, -0.2) is 13.2 Å². The molecule has 0 aromatic heterocycles. The Balaban J connectivity index is 2.17. The molecular weight excluding hydrogens is 418 g/mol. The lowest BCUT2D eigenvalue weighted by Gasteiger charge is -2.19. The van der Waals surface area contributed by atoms with E-state index in [4.69, 9.17) is 27.4 Å². The smallest absolute Gasteiger partial charge is 0.154 e. The van der Waals surface area contributed by atoms with E-state index in [2.05, 4.69) is 5.32 Å². The van der Waals surface area contributed by atoms with Gasteiger partial charge in [0, 0.05) is 24.7 Å². The highest BCUT2D eigenvalue weighted by Gasteiger charge is 2.28. The summed E-state index contributed by atoms with van der Waals surface area (Å²) in [4.78, 5) is 0. The largest absolute Gasteiger partial charge is 0.310 e.